The number of non-ortho nitro benzene ring substituents is 1. The second-order valence-corrected chi connectivity index (χ2v) is 4.21. The standard InChI is InChI=1S/C12H14N2O3/c1-9(15)11-8-10(14(16)17)4-5-12(11)13-6-2-3-7-13/h4-5,8H,2-3,6-7H2,1H3. The maximum absolute atomic E-state index is 11.5. The fraction of sp³-hybridized carbons (Fsp3) is 0.417. The van der Waals surface area contributed by atoms with Gasteiger partial charge in [-0.15, -0.1) is 0 Å². The van der Waals surface area contributed by atoms with Gasteiger partial charge < -0.3 is 4.90 Å². The molecule has 0 bridgehead atoms. The van der Waals surface area contributed by atoms with Crippen LogP contribution in [0.5, 0.6) is 0 Å². The van der Waals surface area contributed by atoms with Gasteiger partial charge in [-0.05, 0) is 25.8 Å². The molecule has 0 amide bonds. The fourth-order valence-electron chi connectivity index (χ4n) is 2.15. The predicted octanol–water partition coefficient (Wildman–Crippen LogP) is 2.40. The van der Waals surface area contributed by atoms with Gasteiger partial charge in [-0.25, -0.2) is 0 Å². The molecule has 0 aliphatic carbocycles. The minimum atomic E-state index is -0.472. The molecule has 1 saturated heterocycles. The van der Waals surface area contributed by atoms with Crippen LogP contribution in [0.15, 0.2) is 18.2 Å². The van der Waals surface area contributed by atoms with Crippen molar-refractivity contribution in [2.75, 3.05) is 18.0 Å². The molecule has 1 aliphatic rings. The van der Waals surface area contributed by atoms with E-state index < -0.39 is 4.92 Å². The lowest BCUT2D eigenvalue weighted by molar-refractivity contribution is -0.384. The first-order valence-corrected chi connectivity index (χ1v) is 5.64. The van der Waals surface area contributed by atoms with E-state index in [-0.39, 0.29) is 11.5 Å². The van der Waals surface area contributed by atoms with Gasteiger partial charge >= 0.3 is 0 Å². The van der Waals surface area contributed by atoms with Crippen molar-refractivity contribution in [1.82, 2.24) is 0 Å². The van der Waals surface area contributed by atoms with Gasteiger partial charge in [-0.1, -0.05) is 0 Å². The van der Waals surface area contributed by atoms with E-state index in [1.807, 2.05) is 0 Å². The summed E-state index contributed by atoms with van der Waals surface area (Å²) in [5, 5.41) is 10.7. The number of anilines is 1. The molecule has 1 aliphatic heterocycles. The number of nitrogens with zero attached hydrogens (tertiary/aromatic N) is 2. The van der Waals surface area contributed by atoms with Gasteiger partial charge in [0, 0.05) is 36.5 Å². The van der Waals surface area contributed by atoms with Crippen LogP contribution in [-0.4, -0.2) is 23.8 Å². The van der Waals surface area contributed by atoms with E-state index in [1.165, 1.54) is 19.1 Å². The molecule has 17 heavy (non-hydrogen) atoms. The summed E-state index contributed by atoms with van der Waals surface area (Å²) in [6, 6.07) is 4.51. The molecule has 90 valence electrons. The van der Waals surface area contributed by atoms with Crippen LogP contribution in [0.1, 0.15) is 30.1 Å². The Bertz CT molecular complexity index is 465. The van der Waals surface area contributed by atoms with Crippen molar-refractivity contribution in [3.8, 4) is 0 Å². The van der Waals surface area contributed by atoms with Crippen molar-refractivity contribution in [2.45, 2.75) is 19.8 Å². The van der Waals surface area contributed by atoms with Crippen LogP contribution in [-0.2, 0) is 0 Å². The van der Waals surface area contributed by atoms with Crippen LogP contribution in [0.25, 0.3) is 0 Å². The summed E-state index contributed by atoms with van der Waals surface area (Å²) < 4.78 is 0. The largest absolute Gasteiger partial charge is 0.371 e. The first kappa shape index (κ1) is 11.6. The molecule has 1 aromatic rings. The Morgan fingerprint density at radius 1 is 1.35 bits per heavy atom. The van der Waals surface area contributed by atoms with Gasteiger partial charge in [-0.3, -0.25) is 14.9 Å². The molecule has 2 rings (SSSR count). The van der Waals surface area contributed by atoms with E-state index in [0.29, 0.717) is 5.56 Å². The Kier molecular flexibility index (Phi) is 3.08. The normalized spacial score (nSPS) is 15.0. The number of hydrogen-bond donors (Lipinski definition) is 0. The smallest absolute Gasteiger partial charge is 0.270 e. The van der Waals surface area contributed by atoms with Gasteiger partial charge in [0.05, 0.1) is 4.92 Å². The molecule has 1 fully saturated rings. The van der Waals surface area contributed by atoms with Gasteiger partial charge in [-0.2, -0.15) is 0 Å². The van der Waals surface area contributed by atoms with Gasteiger partial charge in [0.2, 0.25) is 0 Å². The molecule has 0 saturated carbocycles. The highest BCUT2D eigenvalue weighted by Gasteiger charge is 2.20. The lowest BCUT2D eigenvalue weighted by Gasteiger charge is -2.20. The Labute approximate surface area is 99.2 Å². The fourth-order valence-corrected chi connectivity index (χ4v) is 2.15. The molecular formula is C12H14N2O3. The lowest BCUT2D eigenvalue weighted by Crippen LogP contribution is -2.20. The van der Waals surface area contributed by atoms with E-state index in [2.05, 4.69) is 4.90 Å². The van der Waals surface area contributed by atoms with E-state index in [9.17, 15) is 14.9 Å². The van der Waals surface area contributed by atoms with Gasteiger partial charge in [0.15, 0.2) is 5.78 Å². The first-order chi connectivity index (χ1) is 8.09. The van der Waals surface area contributed by atoms with Crippen molar-refractivity contribution >= 4 is 17.2 Å². The average Bonchev–Trinajstić information content (AvgIpc) is 2.81. The first-order valence-electron chi connectivity index (χ1n) is 5.64. The number of Topliss-reactive ketones (excluding diaryl/α,β-unsaturated/α-hetero) is 1. The molecule has 5 heteroatoms. The summed E-state index contributed by atoms with van der Waals surface area (Å²) in [5.74, 6) is -0.129. The number of nitro benzene ring substituents is 1. The summed E-state index contributed by atoms with van der Waals surface area (Å²) in [5.41, 5.74) is 1.24. The summed E-state index contributed by atoms with van der Waals surface area (Å²) in [7, 11) is 0. The number of carbonyl (C=O) groups is 1. The lowest BCUT2D eigenvalue weighted by atomic mass is 10.1. The van der Waals surface area contributed by atoms with Crippen LogP contribution in [0, 0.1) is 10.1 Å². The third-order valence-electron chi connectivity index (χ3n) is 3.02. The van der Waals surface area contributed by atoms with Crippen LogP contribution in [0.4, 0.5) is 11.4 Å². The van der Waals surface area contributed by atoms with Gasteiger partial charge in [0.25, 0.3) is 5.69 Å². The molecule has 0 aromatic heterocycles. The quantitative estimate of drug-likeness (QED) is 0.457. The molecule has 0 unspecified atom stereocenters. The monoisotopic (exact) mass is 234 g/mol. The Morgan fingerprint density at radius 3 is 2.53 bits per heavy atom. The molecule has 0 radical (unpaired) electrons. The van der Waals surface area contributed by atoms with E-state index >= 15 is 0 Å². The van der Waals surface area contributed by atoms with Crippen molar-refractivity contribution in [3.05, 3.63) is 33.9 Å². The summed E-state index contributed by atoms with van der Waals surface area (Å²) in [6.45, 7) is 3.27. The Morgan fingerprint density at radius 2 is 2.00 bits per heavy atom. The molecule has 0 spiro atoms. The van der Waals surface area contributed by atoms with E-state index in [4.69, 9.17) is 0 Å². The van der Waals surface area contributed by atoms with Crippen LogP contribution in [0.2, 0.25) is 0 Å². The van der Waals surface area contributed by atoms with E-state index in [1.54, 1.807) is 6.07 Å². The third kappa shape index (κ3) is 2.27. The highest BCUT2D eigenvalue weighted by molar-refractivity contribution is 6.00. The van der Waals surface area contributed by atoms with Crippen LogP contribution in [0.3, 0.4) is 0 Å². The number of rotatable bonds is 3. The zero-order chi connectivity index (χ0) is 12.4. The second-order valence-electron chi connectivity index (χ2n) is 4.21. The van der Waals surface area contributed by atoms with Crippen LogP contribution < -0.4 is 4.90 Å². The van der Waals surface area contributed by atoms with Crippen molar-refractivity contribution in [3.63, 3.8) is 0 Å². The third-order valence-corrected chi connectivity index (χ3v) is 3.02. The highest BCUT2D eigenvalue weighted by atomic mass is 16.6. The maximum atomic E-state index is 11.5. The summed E-state index contributed by atoms with van der Waals surface area (Å²) >= 11 is 0. The van der Waals surface area contributed by atoms with E-state index in [0.717, 1.165) is 31.6 Å². The molecular weight excluding hydrogens is 220 g/mol. The molecule has 1 heterocycles. The zero-order valence-electron chi connectivity index (χ0n) is 9.68. The Hall–Kier alpha value is -1.91. The summed E-state index contributed by atoms with van der Waals surface area (Å²) in [6.07, 6.45) is 2.21. The number of hydrogen-bond acceptors (Lipinski definition) is 4. The van der Waals surface area contributed by atoms with Crippen molar-refractivity contribution < 1.29 is 9.72 Å². The second kappa shape index (κ2) is 4.53. The summed E-state index contributed by atoms with van der Waals surface area (Å²) in [4.78, 5) is 23.9. The molecule has 1 aromatic carbocycles. The predicted molar refractivity (Wildman–Crippen MR) is 64.5 cm³/mol. The average molecular weight is 234 g/mol. The number of ketones is 1. The topological polar surface area (TPSA) is 63.4 Å². The number of benzene rings is 1. The number of carbonyl (C=O) groups excluding carboxylic acids is 1. The Balaban J connectivity index is 2.44. The SMILES string of the molecule is CC(=O)c1cc([N+](=O)[O-])ccc1N1CCCC1. The molecule has 0 N–H and O–H groups in total. The highest BCUT2D eigenvalue weighted by Crippen LogP contribution is 2.28. The van der Waals surface area contributed by atoms with Crippen LogP contribution >= 0.6 is 0 Å². The van der Waals surface area contributed by atoms with Crippen molar-refractivity contribution in [2.24, 2.45) is 0 Å². The number of nitro groups is 1. The molecule has 0 atom stereocenters. The molecule has 5 nitrogen and oxygen atoms in total. The van der Waals surface area contributed by atoms with Gasteiger partial charge in [0.1, 0.15) is 0 Å². The maximum Gasteiger partial charge on any atom is 0.270 e. The minimum Gasteiger partial charge on any atom is -0.371 e. The zero-order valence-corrected chi connectivity index (χ0v) is 9.68. The van der Waals surface area contributed by atoms with Crippen molar-refractivity contribution in [1.29, 1.82) is 0 Å². The minimum absolute atomic E-state index is 0.0295.